The molecule has 2 N–H and O–H groups in total. The Balaban J connectivity index is 1.18. The number of phenols is 1. The number of carbonyl (C=O) groups is 3. The number of aromatic nitrogens is 1. The van der Waals surface area contributed by atoms with Crippen molar-refractivity contribution in [2.24, 2.45) is 0 Å². The molecule has 1 saturated heterocycles. The first-order valence-electron chi connectivity index (χ1n) is 14.9. The van der Waals surface area contributed by atoms with Gasteiger partial charge in [0.1, 0.15) is 23.2 Å². The molecule has 1 unspecified atom stereocenters. The summed E-state index contributed by atoms with van der Waals surface area (Å²) in [7, 11) is 0. The zero-order valence-corrected chi connectivity index (χ0v) is 26.5. The van der Waals surface area contributed by atoms with Gasteiger partial charge in [-0.05, 0) is 73.9 Å². The molecule has 2 aliphatic heterocycles. The molecule has 3 aromatic carbocycles. The lowest BCUT2D eigenvalue weighted by molar-refractivity contribution is -0.120. The summed E-state index contributed by atoms with van der Waals surface area (Å²) in [6.07, 6.45) is 1.23. The number of nitrogens with one attached hydrogen (secondary N) is 1. The van der Waals surface area contributed by atoms with Crippen molar-refractivity contribution >= 4 is 40.1 Å². The maximum absolute atomic E-state index is 14.3. The van der Waals surface area contributed by atoms with Crippen molar-refractivity contribution in [1.29, 1.82) is 0 Å². The van der Waals surface area contributed by atoms with Crippen LogP contribution in [0.25, 0.3) is 11.1 Å². The number of halogens is 1. The largest absolute Gasteiger partial charge is 0.508 e. The zero-order chi connectivity index (χ0) is 32.6. The summed E-state index contributed by atoms with van der Waals surface area (Å²) >= 11 is 1.21. The Hall–Kier alpha value is -4.97. The molecule has 6 rings (SSSR count). The Kier molecular flexibility index (Phi) is 8.39. The molecule has 0 saturated carbocycles. The molecule has 238 valence electrons. The van der Waals surface area contributed by atoms with E-state index in [9.17, 15) is 23.9 Å². The Labute approximate surface area is 270 Å². The maximum atomic E-state index is 14.3. The molecular weight excluding hydrogens is 609 g/mol. The van der Waals surface area contributed by atoms with Crippen molar-refractivity contribution in [3.05, 3.63) is 94.7 Å². The molecule has 1 aromatic heterocycles. The highest BCUT2D eigenvalue weighted by atomic mass is 32.1. The van der Waals surface area contributed by atoms with E-state index in [1.165, 1.54) is 28.5 Å². The SMILES string of the molecule is CC(C)(C)OC(=O)N1CCN(c2ccc(-c3ccc4c(c3)C(=O)N(C(C(=O)Nc3nccs3)c3cc(F)ccc3O)C4)cc2)CC1. The first-order chi connectivity index (χ1) is 22.0. The molecule has 4 aromatic rings. The lowest BCUT2D eigenvalue weighted by atomic mass is 10.00. The van der Waals surface area contributed by atoms with Crippen LogP contribution in [0.5, 0.6) is 5.75 Å². The van der Waals surface area contributed by atoms with Gasteiger partial charge in [-0.15, -0.1) is 11.3 Å². The van der Waals surface area contributed by atoms with E-state index in [2.05, 4.69) is 15.2 Å². The number of rotatable bonds is 6. The number of hydrogen-bond acceptors (Lipinski definition) is 8. The lowest BCUT2D eigenvalue weighted by Crippen LogP contribution is -2.50. The number of piperazine rings is 1. The quantitative estimate of drug-likeness (QED) is 0.263. The highest BCUT2D eigenvalue weighted by Gasteiger charge is 2.39. The van der Waals surface area contributed by atoms with Crippen molar-refractivity contribution in [3.63, 3.8) is 0 Å². The van der Waals surface area contributed by atoms with E-state index in [0.717, 1.165) is 34.5 Å². The second kappa shape index (κ2) is 12.4. The number of nitrogens with zero attached hydrogens (tertiary/aromatic N) is 4. The number of benzene rings is 3. The third kappa shape index (κ3) is 6.52. The molecule has 0 bridgehead atoms. The number of ether oxygens (including phenoxy) is 1. The number of anilines is 2. The first-order valence-corrected chi connectivity index (χ1v) is 15.8. The molecule has 1 fully saturated rings. The van der Waals surface area contributed by atoms with Crippen molar-refractivity contribution < 1.29 is 28.6 Å². The number of fused-ring (bicyclic) bond motifs is 1. The lowest BCUT2D eigenvalue weighted by Gasteiger charge is -2.36. The van der Waals surface area contributed by atoms with Crippen LogP contribution in [0.2, 0.25) is 0 Å². The molecule has 10 nitrogen and oxygen atoms in total. The second-order valence-corrected chi connectivity index (χ2v) is 13.1. The molecule has 12 heteroatoms. The Bertz CT molecular complexity index is 1770. The van der Waals surface area contributed by atoms with Gasteiger partial charge in [0.2, 0.25) is 0 Å². The minimum absolute atomic E-state index is 0.0158. The predicted molar refractivity (Wildman–Crippen MR) is 173 cm³/mol. The fourth-order valence-corrected chi connectivity index (χ4v) is 6.24. The second-order valence-electron chi connectivity index (χ2n) is 12.2. The van der Waals surface area contributed by atoms with Crippen LogP contribution in [0, 0.1) is 5.82 Å². The van der Waals surface area contributed by atoms with Crippen LogP contribution >= 0.6 is 11.3 Å². The number of phenolic OH excluding ortho intramolecular Hbond substituents is 1. The minimum atomic E-state index is -1.29. The van der Waals surface area contributed by atoms with Gasteiger partial charge in [0.15, 0.2) is 5.13 Å². The normalized spacial score (nSPS) is 15.5. The van der Waals surface area contributed by atoms with Gasteiger partial charge in [-0.2, -0.15) is 0 Å². The standard InChI is InChI=1S/C34H34FN5O5S/c1-34(2,3)45-33(44)39-15-13-38(14-16-39)25-9-6-21(7-10-25)22-4-5-23-20-40(31(43)26(23)18-22)29(27-19-24(35)8-11-28(27)41)30(42)37-32-36-12-17-46-32/h4-12,17-19,29,41H,13-16,20H2,1-3H3,(H,36,37,42). The zero-order valence-electron chi connectivity index (χ0n) is 25.7. The van der Waals surface area contributed by atoms with E-state index in [-0.39, 0.29) is 24.0 Å². The third-order valence-electron chi connectivity index (χ3n) is 7.95. The summed E-state index contributed by atoms with van der Waals surface area (Å²) in [6, 6.07) is 15.6. The number of amides is 3. The van der Waals surface area contributed by atoms with E-state index in [0.29, 0.717) is 36.9 Å². The number of aromatic hydroxyl groups is 1. The molecule has 2 aliphatic rings. The van der Waals surface area contributed by atoms with Gasteiger partial charge in [0, 0.05) is 61.1 Å². The molecular formula is C34H34FN5O5S. The first kappa shape index (κ1) is 31.0. The van der Waals surface area contributed by atoms with Crippen molar-refractivity contribution in [3.8, 4) is 16.9 Å². The topological polar surface area (TPSA) is 115 Å². The van der Waals surface area contributed by atoms with E-state index >= 15 is 0 Å². The summed E-state index contributed by atoms with van der Waals surface area (Å²) in [6.45, 7) is 8.17. The average Bonchev–Trinajstić information content (AvgIpc) is 3.66. The minimum Gasteiger partial charge on any atom is -0.508 e. The van der Waals surface area contributed by atoms with Crippen LogP contribution in [0.4, 0.5) is 20.0 Å². The van der Waals surface area contributed by atoms with Gasteiger partial charge in [0.25, 0.3) is 11.8 Å². The summed E-state index contributed by atoms with van der Waals surface area (Å²) in [5.74, 6) is -1.95. The van der Waals surface area contributed by atoms with Crippen molar-refractivity contribution in [2.45, 2.75) is 39.0 Å². The molecule has 1 atom stereocenters. The Morgan fingerprint density at radius 3 is 2.39 bits per heavy atom. The number of carbonyl (C=O) groups excluding carboxylic acids is 3. The summed E-state index contributed by atoms with van der Waals surface area (Å²) < 4.78 is 19.8. The van der Waals surface area contributed by atoms with Gasteiger partial charge in [-0.25, -0.2) is 14.2 Å². The summed E-state index contributed by atoms with van der Waals surface area (Å²) in [4.78, 5) is 49.1. The molecule has 0 spiro atoms. The Morgan fingerprint density at radius 1 is 1.00 bits per heavy atom. The summed E-state index contributed by atoms with van der Waals surface area (Å²) in [5.41, 5.74) is 3.36. The van der Waals surface area contributed by atoms with E-state index in [1.807, 2.05) is 57.2 Å². The van der Waals surface area contributed by atoms with E-state index < -0.39 is 29.3 Å². The van der Waals surface area contributed by atoms with Crippen LogP contribution in [0.3, 0.4) is 0 Å². The van der Waals surface area contributed by atoms with Gasteiger partial charge >= 0.3 is 6.09 Å². The van der Waals surface area contributed by atoms with Crippen LogP contribution in [-0.4, -0.2) is 69.6 Å². The smallest absolute Gasteiger partial charge is 0.410 e. The van der Waals surface area contributed by atoms with Gasteiger partial charge < -0.3 is 24.5 Å². The highest BCUT2D eigenvalue weighted by Crippen LogP contribution is 2.38. The third-order valence-corrected chi connectivity index (χ3v) is 8.63. The fraction of sp³-hybridized carbons (Fsp3) is 0.294. The number of thiazole rings is 1. The van der Waals surface area contributed by atoms with Gasteiger partial charge in [0.05, 0.1) is 0 Å². The van der Waals surface area contributed by atoms with E-state index in [1.54, 1.807) is 16.3 Å². The monoisotopic (exact) mass is 643 g/mol. The van der Waals surface area contributed by atoms with E-state index in [4.69, 9.17) is 4.74 Å². The molecule has 3 heterocycles. The van der Waals surface area contributed by atoms with Gasteiger partial charge in [-0.1, -0.05) is 24.3 Å². The van der Waals surface area contributed by atoms with Crippen LogP contribution in [-0.2, 0) is 16.1 Å². The predicted octanol–water partition coefficient (Wildman–Crippen LogP) is 6.05. The molecule has 0 radical (unpaired) electrons. The number of hydrogen-bond donors (Lipinski definition) is 2. The summed E-state index contributed by atoms with van der Waals surface area (Å²) in [5, 5.41) is 15.3. The molecule has 0 aliphatic carbocycles. The van der Waals surface area contributed by atoms with Crippen molar-refractivity contribution in [2.75, 3.05) is 36.4 Å². The van der Waals surface area contributed by atoms with Crippen LogP contribution < -0.4 is 10.2 Å². The molecule has 46 heavy (non-hydrogen) atoms. The highest BCUT2D eigenvalue weighted by molar-refractivity contribution is 7.13. The van der Waals surface area contributed by atoms with Crippen LogP contribution in [0.15, 0.2) is 72.2 Å². The van der Waals surface area contributed by atoms with Crippen LogP contribution in [0.1, 0.15) is 48.3 Å². The maximum Gasteiger partial charge on any atom is 0.410 e. The fourth-order valence-electron chi connectivity index (χ4n) is 5.70. The van der Waals surface area contributed by atoms with Gasteiger partial charge in [-0.3, -0.25) is 14.9 Å². The Morgan fingerprint density at radius 2 is 1.72 bits per heavy atom. The van der Waals surface area contributed by atoms with Crippen molar-refractivity contribution in [1.82, 2.24) is 14.8 Å². The molecule has 3 amide bonds. The average molecular weight is 644 g/mol.